The van der Waals surface area contributed by atoms with E-state index in [-0.39, 0.29) is 12.4 Å². The molecular formula is C11H13FO4. The molecule has 4 nitrogen and oxygen atoms in total. The highest BCUT2D eigenvalue weighted by atomic mass is 19.1. The first-order valence-electron chi connectivity index (χ1n) is 4.69. The van der Waals surface area contributed by atoms with E-state index in [9.17, 15) is 9.18 Å². The van der Waals surface area contributed by atoms with Gasteiger partial charge in [0, 0.05) is 7.11 Å². The molecule has 1 N–H and O–H groups in total. The predicted octanol–water partition coefficient (Wildman–Crippen LogP) is 1.61. The van der Waals surface area contributed by atoms with E-state index in [1.54, 1.807) is 6.92 Å². The maximum absolute atomic E-state index is 12.8. The number of aliphatic carboxylic acids is 1. The van der Waals surface area contributed by atoms with Crippen LogP contribution in [-0.4, -0.2) is 30.9 Å². The Morgan fingerprint density at radius 3 is 2.75 bits per heavy atom. The molecule has 0 saturated carbocycles. The molecule has 0 heterocycles. The highest BCUT2D eigenvalue weighted by Crippen LogP contribution is 2.19. The molecule has 0 fully saturated rings. The molecule has 1 aromatic rings. The van der Waals surface area contributed by atoms with Crippen LogP contribution in [0.3, 0.4) is 0 Å². The quantitative estimate of drug-likeness (QED) is 0.831. The van der Waals surface area contributed by atoms with Crippen LogP contribution < -0.4 is 4.74 Å². The number of carboxylic acid groups (broad SMARTS) is 1. The SMILES string of the molecule is COCC(Oc1ccc(F)cc1C)C(=O)O. The fraction of sp³-hybridized carbons (Fsp3) is 0.364. The second-order valence-corrected chi connectivity index (χ2v) is 3.31. The van der Waals surface area contributed by atoms with Crippen LogP contribution in [0.2, 0.25) is 0 Å². The van der Waals surface area contributed by atoms with E-state index in [4.69, 9.17) is 14.6 Å². The number of carboxylic acids is 1. The van der Waals surface area contributed by atoms with Crippen LogP contribution in [0.25, 0.3) is 0 Å². The van der Waals surface area contributed by atoms with Gasteiger partial charge in [-0.1, -0.05) is 0 Å². The van der Waals surface area contributed by atoms with Crippen molar-refractivity contribution in [3.05, 3.63) is 29.6 Å². The Morgan fingerprint density at radius 2 is 2.25 bits per heavy atom. The number of ether oxygens (including phenoxy) is 2. The van der Waals surface area contributed by atoms with Gasteiger partial charge in [0.2, 0.25) is 6.10 Å². The molecular weight excluding hydrogens is 215 g/mol. The van der Waals surface area contributed by atoms with Crippen LogP contribution in [0.5, 0.6) is 5.75 Å². The zero-order valence-corrected chi connectivity index (χ0v) is 9.07. The smallest absolute Gasteiger partial charge is 0.347 e. The summed E-state index contributed by atoms with van der Waals surface area (Å²) in [6.07, 6.45) is -1.09. The zero-order chi connectivity index (χ0) is 12.1. The third-order valence-electron chi connectivity index (χ3n) is 2.00. The van der Waals surface area contributed by atoms with Gasteiger partial charge in [0.1, 0.15) is 11.6 Å². The van der Waals surface area contributed by atoms with Gasteiger partial charge in [-0.25, -0.2) is 9.18 Å². The van der Waals surface area contributed by atoms with Crippen LogP contribution in [-0.2, 0) is 9.53 Å². The van der Waals surface area contributed by atoms with E-state index in [0.717, 1.165) is 0 Å². The van der Waals surface area contributed by atoms with E-state index in [1.165, 1.54) is 25.3 Å². The van der Waals surface area contributed by atoms with Gasteiger partial charge in [-0.15, -0.1) is 0 Å². The standard InChI is InChI=1S/C11H13FO4/c1-7-5-8(12)3-4-9(7)16-10(6-15-2)11(13)14/h3-5,10H,6H2,1-2H3,(H,13,14). The lowest BCUT2D eigenvalue weighted by atomic mass is 10.2. The first kappa shape index (κ1) is 12.4. The summed E-state index contributed by atoms with van der Waals surface area (Å²) in [5.74, 6) is -1.17. The minimum absolute atomic E-state index is 0.0633. The molecule has 1 unspecified atom stereocenters. The van der Waals surface area contributed by atoms with Crippen LogP contribution in [0.1, 0.15) is 5.56 Å². The third-order valence-corrected chi connectivity index (χ3v) is 2.00. The number of carbonyl (C=O) groups is 1. The maximum Gasteiger partial charge on any atom is 0.347 e. The number of hydrogen-bond donors (Lipinski definition) is 1. The molecule has 0 spiro atoms. The lowest BCUT2D eigenvalue weighted by Crippen LogP contribution is -2.31. The predicted molar refractivity (Wildman–Crippen MR) is 55.1 cm³/mol. The maximum atomic E-state index is 12.8. The lowest BCUT2D eigenvalue weighted by molar-refractivity contribution is -0.147. The minimum atomic E-state index is -1.12. The molecule has 1 aromatic carbocycles. The Balaban J connectivity index is 2.81. The first-order valence-corrected chi connectivity index (χ1v) is 4.69. The van der Waals surface area contributed by atoms with Gasteiger partial charge in [0.25, 0.3) is 0 Å². The van der Waals surface area contributed by atoms with Gasteiger partial charge in [-0.2, -0.15) is 0 Å². The van der Waals surface area contributed by atoms with Gasteiger partial charge < -0.3 is 14.6 Å². The highest BCUT2D eigenvalue weighted by Gasteiger charge is 2.19. The zero-order valence-electron chi connectivity index (χ0n) is 9.07. The molecule has 0 aliphatic heterocycles. The topological polar surface area (TPSA) is 55.8 Å². The van der Waals surface area contributed by atoms with Crippen molar-refractivity contribution in [3.63, 3.8) is 0 Å². The van der Waals surface area contributed by atoms with Crippen LogP contribution in [0.4, 0.5) is 4.39 Å². The van der Waals surface area contributed by atoms with Gasteiger partial charge in [0.15, 0.2) is 0 Å². The largest absolute Gasteiger partial charge is 0.478 e. The molecule has 0 aliphatic rings. The summed E-state index contributed by atoms with van der Waals surface area (Å²) in [4.78, 5) is 10.8. The van der Waals surface area contributed by atoms with Crippen LogP contribution >= 0.6 is 0 Å². The van der Waals surface area contributed by atoms with Crippen LogP contribution in [0.15, 0.2) is 18.2 Å². The highest BCUT2D eigenvalue weighted by molar-refractivity contribution is 5.73. The number of hydrogen-bond acceptors (Lipinski definition) is 3. The molecule has 0 aliphatic carbocycles. The molecule has 16 heavy (non-hydrogen) atoms. The van der Waals surface area contributed by atoms with Gasteiger partial charge >= 0.3 is 5.97 Å². The van der Waals surface area contributed by atoms with Crippen molar-refractivity contribution in [3.8, 4) is 5.75 Å². The molecule has 1 atom stereocenters. The van der Waals surface area contributed by atoms with E-state index >= 15 is 0 Å². The second-order valence-electron chi connectivity index (χ2n) is 3.31. The van der Waals surface area contributed by atoms with Gasteiger partial charge in [-0.3, -0.25) is 0 Å². The Bertz CT molecular complexity index is 378. The van der Waals surface area contributed by atoms with Crippen molar-refractivity contribution in [2.24, 2.45) is 0 Å². The van der Waals surface area contributed by atoms with Crippen molar-refractivity contribution in [2.75, 3.05) is 13.7 Å². The number of halogens is 1. The average molecular weight is 228 g/mol. The summed E-state index contributed by atoms with van der Waals surface area (Å²) in [7, 11) is 1.39. The fourth-order valence-electron chi connectivity index (χ4n) is 1.21. The molecule has 0 saturated heterocycles. The molecule has 5 heteroatoms. The van der Waals surface area contributed by atoms with E-state index in [0.29, 0.717) is 11.3 Å². The molecule has 0 radical (unpaired) electrons. The number of rotatable bonds is 5. The Hall–Kier alpha value is -1.62. The van der Waals surface area contributed by atoms with Crippen molar-refractivity contribution in [1.82, 2.24) is 0 Å². The summed E-state index contributed by atoms with van der Waals surface area (Å²) in [5, 5.41) is 8.83. The third kappa shape index (κ3) is 3.20. The Morgan fingerprint density at radius 1 is 1.56 bits per heavy atom. The monoisotopic (exact) mass is 228 g/mol. The van der Waals surface area contributed by atoms with Crippen molar-refractivity contribution in [1.29, 1.82) is 0 Å². The van der Waals surface area contributed by atoms with E-state index < -0.39 is 12.1 Å². The number of benzene rings is 1. The normalized spacial score (nSPS) is 12.2. The summed E-state index contributed by atoms with van der Waals surface area (Å²) in [5.41, 5.74) is 0.544. The van der Waals surface area contributed by atoms with E-state index in [2.05, 4.69) is 0 Å². The average Bonchev–Trinajstić information content (AvgIpc) is 2.20. The molecule has 0 aromatic heterocycles. The summed E-state index contributed by atoms with van der Waals surface area (Å²) in [6.45, 7) is 1.58. The van der Waals surface area contributed by atoms with Crippen molar-refractivity contribution >= 4 is 5.97 Å². The first-order chi connectivity index (χ1) is 7.54. The number of aryl methyl sites for hydroxylation is 1. The summed E-state index contributed by atoms with van der Waals surface area (Å²) >= 11 is 0. The molecule has 1 rings (SSSR count). The Labute approximate surface area is 92.6 Å². The van der Waals surface area contributed by atoms with E-state index in [1.807, 2.05) is 0 Å². The van der Waals surface area contributed by atoms with Crippen molar-refractivity contribution < 1.29 is 23.8 Å². The molecule has 0 amide bonds. The van der Waals surface area contributed by atoms with Gasteiger partial charge in [-0.05, 0) is 30.7 Å². The summed E-state index contributed by atoms with van der Waals surface area (Å²) in [6, 6.07) is 3.89. The van der Waals surface area contributed by atoms with Gasteiger partial charge in [0.05, 0.1) is 6.61 Å². The minimum Gasteiger partial charge on any atom is -0.478 e. The summed E-state index contributed by atoms with van der Waals surface area (Å²) < 4.78 is 22.7. The molecule has 0 bridgehead atoms. The van der Waals surface area contributed by atoms with Crippen molar-refractivity contribution in [2.45, 2.75) is 13.0 Å². The Kier molecular flexibility index (Phi) is 4.25. The molecule has 88 valence electrons. The van der Waals surface area contributed by atoms with Crippen LogP contribution in [0, 0.1) is 12.7 Å². The fourth-order valence-corrected chi connectivity index (χ4v) is 1.21. The second kappa shape index (κ2) is 5.46. The number of methoxy groups -OCH3 is 1. The lowest BCUT2D eigenvalue weighted by Gasteiger charge is -2.15.